The Morgan fingerprint density at radius 1 is 1.71 bits per heavy atom. The highest BCUT2D eigenvalue weighted by Gasteiger charge is 2.23. The Balaban J connectivity index is 2.29. The third kappa shape index (κ3) is 3.43. The Hall–Kier alpha value is -0.950. The van der Waals surface area contributed by atoms with Crippen LogP contribution in [-0.2, 0) is 4.74 Å². The van der Waals surface area contributed by atoms with Gasteiger partial charge < -0.3 is 20.1 Å². The third-order valence-electron chi connectivity index (χ3n) is 1.95. The predicted molar refractivity (Wildman–Crippen MR) is 43.3 cm³/mol. The monoisotopic (exact) mass is 210 g/mol. The first-order valence-corrected chi connectivity index (χ1v) is 4.20. The molecule has 1 rings (SSSR count). The number of rotatable bonds is 3. The van der Waals surface area contributed by atoms with Crippen LogP contribution in [0.3, 0.4) is 0 Å². The van der Waals surface area contributed by atoms with E-state index in [2.05, 4.69) is 10.1 Å². The van der Waals surface area contributed by atoms with Crippen LogP contribution in [-0.4, -0.2) is 55.0 Å². The Bertz CT molecular complexity index is 203. The van der Waals surface area contributed by atoms with Crippen LogP contribution >= 0.6 is 0 Å². The minimum absolute atomic E-state index is 0.179. The van der Waals surface area contributed by atoms with Crippen LogP contribution in [0.4, 0.5) is 13.6 Å². The molecule has 0 bridgehead atoms. The lowest BCUT2D eigenvalue weighted by molar-refractivity contribution is -0.135. The molecule has 1 aliphatic heterocycles. The second-order valence-electron chi connectivity index (χ2n) is 2.97. The fourth-order valence-corrected chi connectivity index (χ4v) is 1.30. The Morgan fingerprint density at radius 2 is 2.43 bits per heavy atom. The summed E-state index contributed by atoms with van der Waals surface area (Å²) in [5.41, 5.74) is 0. The highest BCUT2D eigenvalue weighted by molar-refractivity contribution is 5.65. The number of nitrogens with zero attached hydrogens (tertiary/aromatic N) is 1. The summed E-state index contributed by atoms with van der Waals surface area (Å²) < 4.78 is 27.4. The summed E-state index contributed by atoms with van der Waals surface area (Å²) >= 11 is 0. The lowest BCUT2D eigenvalue weighted by Crippen LogP contribution is -2.54. The van der Waals surface area contributed by atoms with Crippen LogP contribution in [0.5, 0.6) is 0 Å². The Morgan fingerprint density at radius 3 is 3.00 bits per heavy atom. The van der Waals surface area contributed by atoms with Gasteiger partial charge in [-0.2, -0.15) is 8.78 Å². The van der Waals surface area contributed by atoms with E-state index in [1.165, 1.54) is 4.90 Å². The van der Waals surface area contributed by atoms with Crippen molar-refractivity contribution in [2.75, 3.05) is 26.2 Å². The van der Waals surface area contributed by atoms with Gasteiger partial charge in [-0.25, -0.2) is 4.79 Å². The van der Waals surface area contributed by atoms with E-state index in [-0.39, 0.29) is 19.2 Å². The number of halogens is 2. The number of hydrogen-bond acceptors (Lipinski definition) is 3. The molecule has 2 N–H and O–H groups in total. The van der Waals surface area contributed by atoms with Crippen molar-refractivity contribution in [3.05, 3.63) is 0 Å². The molecule has 14 heavy (non-hydrogen) atoms. The number of alkyl halides is 2. The molecule has 0 aromatic rings. The highest BCUT2D eigenvalue weighted by Crippen LogP contribution is 2.02. The van der Waals surface area contributed by atoms with Crippen molar-refractivity contribution < 1.29 is 23.4 Å². The van der Waals surface area contributed by atoms with Crippen LogP contribution in [0.2, 0.25) is 0 Å². The zero-order valence-corrected chi connectivity index (χ0v) is 7.45. The van der Waals surface area contributed by atoms with Gasteiger partial charge in [-0.05, 0) is 0 Å². The summed E-state index contributed by atoms with van der Waals surface area (Å²) in [4.78, 5) is 11.7. The van der Waals surface area contributed by atoms with E-state index in [9.17, 15) is 13.6 Å². The fourth-order valence-electron chi connectivity index (χ4n) is 1.30. The van der Waals surface area contributed by atoms with Crippen LogP contribution in [0.25, 0.3) is 0 Å². The summed E-state index contributed by atoms with van der Waals surface area (Å²) in [6, 6.07) is -0.353. The first kappa shape index (κ1) is 11.1. The summed E-state index contributed by atoms with van der Waals surface area (Å²) in [5, 5.41) is 11.5. The standard InChI is InChI=1S/C7H12F2N2O3/c8-6(9)14-4-5-3-11(7(12)13)2-1-10-5/h5-6,10H,1-4H2,(H,12,13). The van der Waals surface area contributed by atoms with Crippen molar-refractivity contribution in [3.63, 3.8) is 0 Å². The normalized spacial score (nSPS) is 22.8. The molecule has 1 heterocycles. The molecular weight excluding hydrogens is 198 g/mol. The van der Waals surface area contributed by atoms with Crippen LogP contribution in [0.1, 0.15) is 0 Å². The average molecular weight is 210 g/mol. The van der Waals surface area contributed by atoms with E-state index in [0.29, 0.717) is 13.1 Å². The quantitative estimate of drug-likeness (QED) is 0.697. The molecule has 0 aromatic carbocycles. The van der Waals surface area contributed by atoms with E-state index in [1.807, 2.05) is 0 Å². The van der Waals surface area contributed by atoms with Crippen LogP contribution < -0.4 is 5.32 Å². The molecule has 5 nitrogen and oxygen atoms in total. The molecule has 0 radical (unpaired) electrons. The largest absolute Gasteiger partial charge is 0.465 e. The molecule has 0 saturated carbocycles. The molecule has 1 atom stereocenters. The Kier molecular flexibility index (Phi) is 4.02. The average Bonchev–Trinajstić information content (AvgIpc) is 2.15. The van der Waals surface area contributed by atoms with Crippen LogP contribution in [0, 0.1) is 0 Å². The lowest BCUT2D eigenvalue weighted by Gasteiger charge is -2.31. The van der Waals surface area contributed by atoms with Gasteiger partial charge in [0.05, 0.1) is 6.61 Å². The molecule has 82 valence electrons. The molecule has 1 unspecified atom stereocenters. The third-order valence-corrected chi connectivity index (χ3v) is 1.95. The first-order chi connectivity index (χ1) is 6.59. The maximum atomic E-state index is 11.7. The molecule has 1 aliphatic rings. The fraction of sp³-hybridized carbons (Fsp3) is 0.857. The van der Waals surface area contributed by atoms with Crippen molar-refractivity contribution >= 4 is 6.09 Å². The van der Waals surface area contributed by atoms with Gasteiger partial charge >= 0.3 is 12.7 Å². The van der Waals surface area contributed by atoms with E-state index in [4.69, 9.17) is 5.11 Å². The maximum Gasteiger partial charge on any atom is 0.407 e. The van der Waals surface area contributed by atoms with Crippen LogP contribution in [0.15, 0.2) is 0 Å². The molecule has 0 aromatic heterocycles. The van der Waals surface area contributed by atoms with Gasteiger partial charge in [0, 0.05) is 25.7 Å². The van der Waals surface area contributed by atoms with Gasteiger partial charge in [0.15, 0.2) is 0 Å². The summed E-state index contributed by atoms with van der Waals surface area (Å²) in [6.07, 6.45) is -1.03. The SMILES string of the molecule is O=C(O)N1CCNC(COC(F)F)C1. The second-order valence-corrected chi connectivity index (χ2v) is 2.97. The number of carbonyl (C=O) groups is 1. The van der Waals surface area contributed by atoms with Gasteiger partial charge in [0.2, 0.25) is 0 Å². The summed E-state index contributed by atoms with van der Waals surface area (Å²) in [6.45, 7) is -1.97. The number of ether oxygens (including phenoxy) is 1. The van der Waals surface area contributed by atoms with Crippen molar-refractivity contribution in [1.29, 1.82) is 0 Å². The van der Waals surface area contributed by atoms with Gasteiger partial charge in [-0.3, -0.25) is 0 Å². The number of piperazine rings is 1. The van der Waals surface area contributed by atoms with Crippen molar-refractivity contribution in [1.82, 2.24) is 10.2 Å². The van der Waals surface area contributed by atoms with Crippen molar-refractivity contribution in [2.45, 2.75) is 12.7 Å². The zero-order chi connectivity index (χ0) is 10.6. The topological polar surface area (TPSA) is 61.8 Å². The minimum Gasteiger partial charge on any atom is -0.465 e. The van der Waals surface area contributed by atoms with Gasteiger partial charge in [0.25, 0.3) is 0 Å². The summed E-state index contributed by atoms with van der Waals surface area (Å²) in [7, 11) is 0. The molecule has 7 heteroatoms. The van der Waals surface area contributed by atoms with Crippen molar-refractivity contribution in [2.24, 2.45) is 0 Å². The minimum atomic E-state index is -2.81. The number of nitrogens with one attached hydrogen (secondary N) is 1. The second kappa shape index (κ2) is 5.06. The van der Waals surface area contributed by atoms with Gasteiger partial charge in [-0.1, -0.05) is 0 Å². The molecule has 0 aliphatic carbocycles. The predicted octanol–water partition coefficient (Wildman–Crippen LogP) is 0.177. The highest BCUT2D eigenvalue weighted by atomic mass is 19.3. The molecular formula is C7H12F2N2O3. The van der Waals surface area contributed by atoms with E-state index in [1.54, 1.807) is 0 Å². The molecule has 0 spiro atoms. The van der Waals surface area contributed by atoms with Crippen molar-refractivity contribution in [3.8, 4) is 0 Å². The number of amides is 1. The zero-order valence-electron chi connectivity index (χ0n) is 7.45. The molecule has 1 fully saturated rings. The van der Waals surface area contributed by atoms with E-state index in [0.717, 1.165) is 0 Å². The Labute approximate surface area is 79.6 Å². The molecule has 1 saturated heterocycles. The first-order valence-electron chi connectivity index (χ1n) is 4.20. The summed E-state index contributed by atoms with van der Waals surface area (Å²) in [5.74, 6) is 0. The van der Waals surface area contributed by atoms with E-state index < -0.39 is 12.7 Å². The maximum absolute atomic E-state index is 11.7. The van der Waals surface area contributed by atoms with Gasteiger partial charge in [-0.15, -0.1) is 0 Å². The lowest BCUT2D eigenvalue weighted by atomic mass is 10.2. The van der Waals surface area contributed by atoms with E-state index >= 15 is 0 Å². The molecule has 1 amide bonds. The smallest absolute Gasteiger partial charge is 0.407 e. The number of hydrogen-bond donors (Lipinski definition) is 2. The van der Waals surface area contributed by atoms with Gasteiger partial charge in [0.1, 0.15) is 0 Å². The number of carboxylic acid groups (broad SMARTS) is 1.